The molecule has 6 fully saturated rings. The molecular weight excluding hydrogens is 1250 g/mol. The first-order valence-electron chi connectivity index (χ1n) is 34.6. The lowest BCUT2D eigenvalue weighted by molar-refractivity contribution is -0.245. The van der Waals surface area contributed by atoms with Crippen molar-refractivity contribution in [2.24, 2.45) is 17.3 Å². The fourth-order valence-electron chi connectivity index (χ4n) is 16.3. The zero-order valence-electron chi connectivity index (χ0n) is 56.6. The van der Waals surface area contributed by atoms with Gasteiger partial charge in [-0.1, -0.05) is 29.7 Å². The van der Waals surface area contributed by atoms with E-state index in [-0.39, 0.29) is 126 Å². The number of carbonyl (C=O) groups is 10. The molecule has 25 nitrogen and oxygen atoms in total. The van der Waals surface area contributed by atoms with Gasteiger partial charge in [0, 0.05) is 115 Å². The number of ether oxygens (including phenoxy) is 5. The van der Waals surface area contributed by atoms with E-state index in [1.807, 2.05) is 20.0 Å². The SMILES string of the molecule is CC#C[C@]12CC[C@H]3[C@@H]4CCC5=CC(=O)CCC5=C4[C@@H](c4ccc(N(C)CCCC(=O)N5CCN(C(=O)OC(C)(C)C)CC5C(=O)N5CCN(CC(=O)O)CC5C(=O)NCCCOCCOCCOCCCNc5cccc6c5C(=O)N(C5CCC(=O)NC5=O)C6=O)cc4)C[C@@]31CO2. The van der Waals surface area contributed by atoms with Gasteiger partial charge in [0.05, 0.1) is 57.3 Å². The van der Waals surface area contributed by atoms with Crippen LogP contribution in [0.4, 0.5) is 16.2 Å². The van der Waals surface area contributed by atoms with Crippen LogP contribution in [0.25, 0.3) is 0 Å². The summed E-state index contributed by atoms with van der Waals surface area (Å²) in [4.78, 5) is 142. The van der Waals surface area contributed by atoms with E-state index >= 15 is 4.79 Å². The lowest BCUT2D eigenvalue weighted by atomic mass is 9.49. The van der Waals surface area contributed by atoms with Crippen molar-refractivity contribution in [1.82, 2.24) is 35.1 Å². The van der Waals surface area contributed by atoms with Crippen molar-refractivity contribution < 1.29 is 76.7 Å². The summed E-state index contributed by atoms with van der Waals surface area (Å²) in [6.45, 7) is 10.7. The highest BCUT2D eigenvalue weighted by Gasteiger charge is 2.71. The summed E-state index contributed by atoms with van der Waals surface area (Å²) in [7, 11) is 2.00. The molecule has 0 aromatic heterocycles. The maximum Gasteiger partial charge on any atom is 0.410 e. The molecule has 4 aliphatic carbocycles. The third kappa shape index (κ3) is 15.2. The number of rotatable bonds is 26. The molecule has 4 N–H and O–H groups in total. The predicted octanol–water partition coefficient (Wildman–Crippen LogP) is 5.08. The number of aliphatic carboxylic acids is 1. The molecule has 97 heavy (non-hydrogen) atoms. The quantitative estimate of drug-likeness (QED) is 0.0542. The number of imide groups is 2. The minimum Gasteiger partial charge on any atom is -0.480 e. The molecule has 522 valence electrons. The first-order chi connectivity index (χ1) is 46.6. The predicted molar refractivity (Wildman–Crippen MR) is 355 cm³/mol. The number of piperidine rings is 1. The standard InChI is InChI=1S/C72H93N9O16/c1-6-25-72-26-24-54-51-20-16-47-40-49(82)19-21-50(47)62(51)53(41-71(54,72)45-96-72)46-14-17-48(18-15-46)76(5)29-8-13-60(84)79-33-31-78(69(92)97-70(2,3)4)43-58(79)67(90)80-32-30-77(44-61(85)86)42-57(80)64(87)74-28-10-35-94-37-39-95-38-36-93-34-9-27-73-55-12-7-11-52-63(55)68(91)81(66(52)89)56-22-23-59(83)75-65(56)88/h7,11-12,14-15,17-18,40,51,53-54,56-58,73H,8-10,13,16,19-24,26-39,41-45H2,1-5H3,(H,74,87)(H,85,86)(H,75,83,88)/t51-,53+,54-,56?,57?,58?,71+,72-/m0/s1. The molecule has 0 bridgehead atoms. The van der Waals surface area contributed by atoms with E-state index in [0.29, 0.717) is 76.1 Å². The number of carbonyl (C=O) groups excluding carboxylic acids is 9. The van der Waals surface area contributed by atoms with Gasteiger partial charge in [-0.15, -0.1) is 5.92 Å². The molecule has 25 heteroatoms. The lowest BCUT2D eigenvalue weighted by Gasteiger charge is -2.61. The van der Waals surface area contributed by atoms with Gasteiger partial charge in [-0.25, -0.2) is 4.79 Å². The smallest absolute Gasteiger partial charge is 0.410 e. The summed E-state index contributed by atoms with van der Waals surface area (Å²) < 4.78 is 29.3. The summed E-state index contributed by atoms with van der Waals surface area (Å²) in [6, 6.07) is 10.4. The van der Waals surface area contributed by atoms with Crippen molar-refractivity contribution in [2.45, 2.75) is 146 Å². The van der Waals surface area contributed by atoms with Crippen molar-refractivity contribution >= 4 is 70.6 Å². The first-order valence-corrected chi connectivity index (χ1v) is 34.6. The van der Waals surface area contributed by atoms with Crippen LogP contribution in [0.15, 0.2) is 65.3 Å². The summed E-state index contributed by atoms with van der Waals surface area (Å²) in [5, 5.41) is 18.1. The van der Waals surface area contributed by atoms with E-state index < -0.39 is 76.8 Å². The third-order valence-corrected chi connectivity index (χ3v) is 20.9. The Labute approximate surface area is 566 Å². The van der Waals surface area contributed by atoms with Crippen molar-refractivity contribution in [3.05, 3.63) is 82.0 Å². The molecule has 0 radical (unpaired) electrons. The first kappa shape index (κ1) is 70.3. The van der Waals surface area contributed by atoms with Gasteiger partial charge in [0.15, 0.2) is 5.78 Å². The number of amides is 8. The number of piperazine rings is 2. The molecule has 5 aliphatic heterocycles. The van der Waals surface area contributed by atoms with Gasteiger partial charge in [-0.2, -0.15) is 0 Å². The van der Waals surface area contributed by atoms with Gasteiger partial charge in [0.1, 0.15) is 29.3 Å². The normalized spacial score (nSPS) is 26.1. The maximum atomic E-state index is 15.1. The fourth-order valence-corrected chi connectivity index (χ4v) is 16.3. The number of benzene rings is 2. The third-order valence-electron chi connectivity index (χ3n) is 20.9. The number of hydrogen-bond acceptors (Lipinski definition) is 18. The molecular formula is C72H93N9O16. The molecule has 9 aliphatic rings. The van der Waals surface area contributed by atoms with Crippen molar-refractivity contribution in [2.75, 3.05) is 129 Å². The topological polar surface area (TPSA) is 293 Å². The van der Waals surface area contributed by atoms with Crippen molar-refractivity contribution in [3.63, 3.8) is 0 Å². The average molecular weight is 1340 g/mol. The molecule has 2 saturated carbocycles. The number of carboxylic acid groups (broad SMARTS) is 1. The molecule has 2 aromatic rings. The van der Waals surface area contributed by atoms with Gasteiger partial charge in [0.25, 0.3) is 11.8 Å². The molecule has 5 heterocycles. The Morgan fingerprint density at radius 3 is 2.24 bits per heavy atom. The highest BCUT2D eigenvalue weighted by Crippen LogP contribution is 2.71. The summed E-state index contributed by atoms with van der Waals surface area (Å²) in [5.41, 5.74) is 5.99. The molecule has 3 unspecified atom stereocenters. The highest BCUT2D eigenvalue weighted by molar-refractivity contribution is 6.25. The number of nitrogens with zero attached hydrogens (tertiary/aromatic N) is 6. The number of allylic oxidation sites excluding steroid dienone is 4. The zero-order valence-corrected chi connectivity index (χ0v) is 56.6. The molecule has 4 saturated heterocycles. The van der Waals surface area contributed by atoms with E-state index in [1.165, 1.54) is 37.0 Å². The van der Waals surface area contributed by atoms with Crippen LogP contribution < -0.4 is 20.9 Å². The number of fused-ring (bicyclic) bond motifs is 4. The van der Waals surface area contributed by atoms with E-state index in [4.69, 9.17) is 23.7 Å². The maximum absolute atomic E-state index is 15.1. The van der Waals surface area contributed by atoms with Crippen LogP contribution in [0.1, 0.15) is 143 Å². The van der Waals surface area contributed by atoms with E-state index in [0.717, 1.165) is 55.7 Å². The summed E-state index contributed by atoms with van der Waals surface area (Å²) in [5.74, 6) is 3.46. The van der Waals surface area contributed by atoms with Crippen LogP contribution in [0, 0.1) is 29.1 Å². The minimum atomic E-state index is -1.15. The van der Waals surface area contributed by atoms with Gasteiger partial charge in [0.2, 0.25) is 29.5 Å². The molecule has 1 spiro atoms. The van der Waals surface area contributed by atoms with Gasteiger partial charge < -0.3 is 59.0 Å². The van der Waals surface area contributed by atoms with Crippen molar-refractivity contribution in [1.29, 1.82) is 0 Å². The number of nitrogens with one attached hydrogen (secondary N) is 3. The van der Waals surface area contributed by atoms with Crippen LogP contribution in [0.2, 0.25) is 0 Å². The molecule has 8 atom stereocenters. The number of hydrogen-bond donors (Lipinski definition) is 4. The summed E-state index contributed by atoms with van der Waals surface area (Å²) in [6.07, 6.45) is 9.28. The lowest BCUT2D eigenvalue weighted by Crippen LogP contribution is -2.67. The second-order valence-corrected chi connectivity index (χ2v) is 28.0. The highest BCUT2D eigenvalue weighted by atomic mass is 16.6. The second-order valence-electron chi connectivity index (χ2n) is 28.0. The van der Waals surface area contributed by atoms with Gasteiger partial charge in [-0.05, 0) is 151 Å². The Balaban J connectivity index is 0.638. The molecule has 8 amide bonds. The van der Waals surface area contributed by atoms with E-state index in [2.05, 4.69) is 57.0 Å². The minimum absolute atomic E-state index is 0.00639. The van der Waals surface area contributed by atoms with Crippen LogP contribution in [0.5, 0.6) is 0 Å². The van der Waals surface area contributed by atoms with Crippen LogP contribution in [-0.4, -0.2) is 237 Å². The number of carboxylic acids is 1. The number of anilines is 2. The Bertz CT molecular complexity index is 3520. The van der Waals surface area contributed by atoms with Crippen LogP contribution in [-0.2, 0) is 57.2 Å². The van der Waals surface area contributed by atoms with Crippen molar-refractivity contribution in [3.8, 4) is 11.8 Å². The fraction of sp³-hybridized carbons (Fsp3) is 0.611. The Kier molecular flexibility index (Phi) is 22.0. The average Bonchev–Trinajstić information content (AvgIpc) is 1.58. The number of ketones is 1. The van der Waals surface area contributed by atoms with E-state index in [9.17, 15) is 48.3 Å². The second kappa shape index (κ2) is 30.4. The van der Waals surface area contributed by atoms with Gasteiger partial charge >= 0.3 is 12.1 Å². The van der Waals surface area contributed by atoms with Crippen LogP contribution >= 0.6 is 0 Å². The zero-order chi connectivity index (χ0) is 68.8. The monoisotopic (exact) mass is 1340 g/mol. The largest absolute Gasteiger partial charge is 0.480 e. The van der Waals surface area contributed by atoms with Gasteiger partial charge in [-0.3, -0.25) is 58.3 Å². The Hall–Kier alpha value is -8.02. The summed E-state index contributed by atoms with van der Waals surface area (Å²) >= 11 is 0. The molecule has 2 aromatic carbocycles. The Morgan fingerprint density at radius 2 is 1.54 bits per heavy atom. The van der Waals surface area contributed by atoms with E-state index in [1.54, 1.807) is 43.9 Å². The Morgan fingerprint density at radius 1 is 0.804 bits per heavy atom. The molecule has 11 rings (SSSR count). The van der Waals surface area contributed by atoms with Crippen LogP contribution in [0.3, 0.4) is 0 Å².